The number of urea groups is 1. The van der Waals surface area contributed by atoms with Gasteiger partial charge in [0.2, 0.25) is 0 Å². The van der Waals surface area contributed by atoms with Crippen molar-refractivity contribution in [3.05, 3.63) is 30.0 Å². The molecule has 0 aliphatic carbocycles. The lowest BCUT2D eigenvalue weighted by Crippen LogP contribution is -2.39. The highest BCUT2D eigenvalue weighted by Gasteiger charge is 2.24. The average molecular weight is 329 g/mol. The van der Waals surface area contributed by atoms with Crippen molar-refractivity contribution in [2.24, 2.45) is 5.92 Å². The zero-order chi connectivity index (χ0) is 16.9. The van der Waals surface area contributed by atoms with Gasteiger partial charge in [0.25, 0.3) is 0 Å². The third kappa shape index (κ3) is 3.50. The molecule has 0 spiro atoms. The molecule has 1 aromatic carbocycles. The van der Waals surface area contributed by atoms with E-state index in [0.717, 1.165) is 49.0 Å². The van der Waals surface area contributed by atoms with Crippen molar-refractivity contribution in [3.8, 4) is 5.75 Å². The van der Waals surface area contributed by atoms with Crippen LogP contribution < -0.4 is 10.1 Å². The summed E-state index contributed by atoms with van der Waals surface area (Å²) in [7, 11) is 0. The average Bonchev–Trinajstić information content (AvgIpc) is 3.22. The fraction of sp³-hybridized carbons (Fsp3) is 0.526. The van der Waals surface area contributed by atoms with Crippen LogP contribution in [0.2, 0.25) is 0 Å². The second-order valence-corrected chi connectivity index (χ2v) is 6.42. The first-order chi connectivity index (χ1) is 11.7. The number of nitrogens with one attached hydrogen (secondary N) is 2. The van der Waals surface area contributed by atoms with Crippen molar-refractivity contribution in [3.63, 3.8) is 0 Å². The van der Waals surface area contributed by atoms with Gasteiger partial charge in [0.05, 0.1) is 6.61 Å². The standard InChI is InChI=1S/C19H27N3O2/c1-3-14-9-11-22(13-14)19(23)20-10-8-15-12-21-16-6-5-7-17(18(15)16)24-4-2/h5-7,12,14,21H,3-4,8-11,13H2,1-2H3,(H,20,23). The molecule has 1 aliphatic heterocycles. The third-order valence-corrected chi connectivity index (χ3v) is 4.87. The summed E-state index contributed by atoms with van der Waals surface area (Å²) in [6, 6.07) is 6.11. The van der Waals surface area contributed by atoms with E-state index in [9.17, 15) is 4.79 Å². The van der Waals surface area contributed by atoms with Crippen LogP contribution in [0, 0.1) is 5.92 Å². The van der Waals surface area contributed by atoms with E-state index in [1.54, 1.807) is 0 Å². The molecule has 0 bridgehead atoms. The van der Waals surface area contributed by atoms with E-state index >= 15 is 0 Å². The van der Waals surface area contributed by atoms with Crippen LogP contribution >= 0.6 is 0 Å². The Bertz CT molecular complexity index is 695. The lowest BCUT2D eigenvalue weighted by Gasteiger charge is -2.17. The van der Waals surface area contributed by atoms with E-state index < -0.39 is 0 Å². The van der Waals surface area contributed by atoms with Crippen LogP contribution in [0.15, 0.2) is 24.4 Å². The third-order valence-electron chi connectivity index (χ3n) is 4.87. The molecule has 1 fully saturated rings. The van der Waals surface area contributed by atoms with Gasteiger partial charge in [-0.2, -0.15) is 0 Å². The smallest absolute Gasteiger partial charge is 0.317 e. The minimum Gasteiger partial charge on any atom is -0.493 e. The zero-order valence-corrected chi connectivity index (χ0v) is 14.6. The minimum absolute atomic E-state index is 0.0656. The predicted octanol–water partition coefficient (Wildman–Crippen LogP) is 3.55. The van der Waals surface area contributed by atoms with Gasteiger partial charge in [-0.25, -0.2) is 4.79 Å². The summed E-state index contributed by atoms with van der Waals surface area (Å²) in [4.78, 5) is 17.5. The SMILES string of the molecule is CCOc1cccc2[nH]cc(CCNC(=O)N3CCC(CC)C3)c12. The Balaban J connectivity index is 1.59. The highest BCUT2D eigenvalue weighted by Crippen LogP contribution is 2.29. The van der Waals surface area contributed by atoms with Gasteiger partial charge >= 0.3 is 6.03 Å². The Morgan fingerprint density at radius 3 is 3.04 bits per heavy atom. The quantitative estimate of drug-likeness (QED) is 0.851. The molecule has 1 aliphatic rings. The molecule has 3 rings (SSSR count). The summed E-state index contributed by atoms with van der Waals surface area (Å²) in [6.45, 7) is 7.24. The first-order valence-electron chi connectivity index (χ1n) is 8.97. The Labute approximate surface area is 143 Å². The van der Waals surface area contributed by atoms with Crippen LogP contribution in [0.4, 0.5) is 4.79 Å². The molecule has 5 nitrogen and oxygen atoms in total. The van der Waals surface area contributed by atoms with Crippen molar-refractivity contribution in [2.45, 2.75) is 33.1 Å². The van der Waals surface area contributed by atoms with Crippen LogP contribution in [0.5, 0.6) is 5.75 Å². The summed E-state index contributed by atoms with van der Waals surface area (Å²) in [5, 5.41) is 4.18. The van der Waals surface area contributed by atoms with E-state index in [1.807, 2.05) is 30.2 Å². The molecular formula is C19H27N3O2. The maximum atomic E-state index is 12.3. The number of aromatic nitrogens is 1. The molecule has 130 valence electrons. The molecule has 1 aromatic heterocycles. The van der Waals surface area contributed by atoms with Gasteiger partial charge in [-0.1, -0.05) is 19.4 Å². The lowest BCUT2D eigenvalue weighted by atomic mass is 10.1. The first kappa shape index (κ1) is 16.7. The van der Waals surface area contributed by atoms with Crippen LogP contribution in [0.1, 0.15) is 32.3 Å². The van der Waals surface area contributed by atoms with E-state index in [0.29, 0.717) is 19.1 Å². The summed E-state index contributed by atoms with van der Waals surface area (Å²) in [5.74, 6) is 1.57. The Hall–Kier alpha value is -2.17. The van der Waals surface area contributed by atoms with Gasteiger partial charge in [-0.3, -0.25) is 0 Å². The number of fused-ring (bicyclic) bond motifs is 1. The number of likely N-dealkylation sites (tertiary alicyclic amines) is 1. The molecule has 1 atom stereocenters. The number of benzene rings is 1. The van der Waals surface area contributed by atoms with Crippen LogP contribution in [0.3, 0.4) is 0 Å². The second kappa shape index (κ2) is 7.60. The normalized spacial score (nSPS) is 17.4. The van der Waals surface area contributed by atoms with Gasteiger partial charge in [0.15, 0.2) is 0 Å². The molecule has 24 heavy (non-hydrogen) atoms. The van der Waals surface area contributed by atoms with E-state index in [-0.39, 0.29) is 6.03 Å². The largest absolute Gasteiger partial charge is 0.493 e. The molecule has 2 amide bonds. The number of hydrogen-bond acceptors (Lipinski definition) is 2. The second-order valence-electron chi connectivity index (χ2n) is 6.42. The number of aromatic amines is 1. The van der Waals surface area contributed by atoms with E-state index in [2.05, 4.69) is 23.3 Å². The molecule has 2 aromatic rings. The van der Waals surface area contributed by atoms with Crippen molar-refractivity contribution in [1.29, 1.82) is 0 Å². The maximum Gasteiger partial charge on any atom is 0.317 e. The molecule has 0 radical (unpaired) electrons. The minimum atomic E-state index is 0.0656. The van der Waals surface area contributed by atoms with E-state index in [1.165, 1.54) is 5.56 Å². The Morgan fingerprint density at radius 2 is 2.29 bits per heavy atom. The summed E-state index contributed by atoms with van der Waals surface area (Å²) in [6.07, 6.45) is 5.09. The maximum absolute atomic E-state index is 12.3. The summed E-state index contributed by atoms with van der Waals surface area (Å²) < 4.78 is 5.74. The molecular weight excluding hydrogens is 302 g/mol. The highest BCUT2D eigenvalue weighted by molar-refractivity contribution is 5.89. The van der Waals surface area contributed by atoms with Gasteiger partial charge < -0.3 is 19.9 Å². The van der Waals surface area contributed by atoms with Gasteiger partial charge in [-0.05, 0) is 43.4 Å². The number of hydrogen-bond donors (Lipinski definition) is 2. The van der Waals surface area contributed by atoms with Gasteiger partial charge in [0.1, 0.15) is 5.75 Å². The number of amides is 2. The van der Waals surface area contributed by atoms with Crippen molar-refractivity contribution in [2.75, 3.05) is 26.2 Å². The fourth-order valence-electron chi connectivity index (χ4n) is 3.46. The lowest BCUT2D eigenvalue weighted by molar-refractivity contribution is 0.207. The summed E-state index contributed by atoms with van der Waals surface area (Å²) >= 11 is 0. The monoisotopic (exact) mass is 329 g/mol. The molecule has 5 heteroatoms. The van der Waals surface area contributed by atoms with Crippen LogP contribution in [-0.2, 0) is 6.42 Å². The molecule has 1 unspecified atom stereocenters. The van der Waals surface area contributed by atoms with Crippen LogP contribution in [0.25, 0.3) is 10.9 Å². The molecule has 1 saturated heterocycles. The molecule has 2 heterocycles. The Morgan fingerprint density at radius 1 is 1.42 bits per heavy atom. The van der Waals surface area contributed by atoms with Crippen molar-refractivity contribution >= 4 is 16.9 Å². The van der Waals surface area contributed by atoms with Gasteiger partial charge in [-0.15, -0.1) is 0 Å². The zero-order valence-electron chi connectivity index (χ0n) is 14.6. The number of nitrogens with zero attached hydrogens (tertiary/aromatic N) is 1. The highest BCUT2D eigenvalue weighted by atomic mass is 16.5. The summed E-state index contributed by atoms with van der Waals surface area (Å²) in [5.41, 5.74) is 2.26. The van der Waals surface area contributed by atoms with Crippen LogP contribution in [-0.4, -0.2) is 42.2 Å². The van der Waals surface area contributed by atoms with Gasteiger partial charge in [0, 0.05) is 36.7 Å². The first-order valence-corrected chi connectivity index (χ1v) is 8.97. The number of carbonyl (C=O) groups is 1. The fourth-order valence-corrected chi connectivity index (χ4v) is 3.46. The topological polar surface area (TPSA) is 57.4 Å². The Kier molecular flexibility index (Phi) is 5.28. The number of rotatable bonds is 6. The van der Waals surface area contributed by atoms with E-state index in [4.69, 9.17) is 4.74 Å². The molecule has 0 saturated carbocycles. The van der Waals surface area contributed by atoms with Crippen molar-refractivity contribution < 1.29 is 9.53 Å². The predicted molar refractivity (Wildman–Crippen MR) is 96.5 cm³/mol. The number of ether oxygens (including phenoxy) is 1. The number of H-pyrrole nitrogens is 1. The van der Waals surface area contributed by atoms with Crippen molar-refractivity contribution in [1.82, 2.24) is 15.2 Å². The molecule has 2 N–H and O–H groups in total. The number of carbonyl (C=O) groups excluding carboxylic acids is 1.